The van der Waals surface area contributed by atoms with Gasteiger partial charge in [-0.05, 0) is 24.6 Å². The Hall–Kier alpha value is -1.53. The molecule has 0 aliphatic carbocycles. The zero-order chi connectivity index (χ0) is 15.3. The number of hydrogen-bond acceptors (Lipinski definition) is 2. The van der Waals surface area contributed by atoms with Gasteiger partial charge in [-0.1, -0.05) is 23.2 Å². The summed E-state index contributed by atoms with van der Waals surface area (Å²) in [5.74, 6) is -1.65. The van der Waals surface area contributed by atoms with Crippen LogP contribution < -0.4 is 10.6 Å². The van der Waals surface area contributed by atoms with Crippen molar-refractivity contribution in [3.63, 3.8) is 0 Å². The van der Waals surface area contributed by atoms with E-state index in [2.05, 4.69) is 10.6 Å². The van der Waals surface area contributed by atoms with Crippen LogP contribution in [0.15, 0.2) is 12.1 Å². The molecule has 1 unspecified atom stereocenters. The topological polar surface area (TPSA) is 78.4 Å². The van der Waals surface area contributed by atoms with Gasteiger partial charge < -0.3 is 15.7 Å². The van der Waals surface area contributed by atoms with Gasteiger partial charge in [0.25, 0.3) is 0 Å². The van der Waals surface area contributed by atoms with Gasteiger partial charge in [0.05, 0.1) is 17.5 Å². The summed E-state index contributed by atoms with van der Waals surface area (Å²) in [4.78, 5) is 21.8. The average Bonchev–Trinajstić information content (AvgIpc) is 2.33. The van der Waals surface area contributed by atoms with E-state index in [9.17, 15) is 14.0 Å². The third-order valence-corrected chi connectivity index (χ3v) is 3.10. The van der Waals surface area contributed by atoms with E-state index in [0.29, 0.717) is 5.56 Å². The van der Waals surface area contributed by atoms with Crippen LogP contribution in [0.4, 0.5) is 9.18 Å². The van der Waals surface area contributed by atoms with Crippen LogP contribution in [0, 0.1) is 5.82 Å². The fourth-order valence-electron chi connectivity index (χ4n) is 1.48. The van der Waals surface area contributed by atoms with Gasteiger partial charge in [0, 0.05) is 11.6 Å². The minimum absolute atomic E-state index is 0.00338. The standard InChI is InChI=1S/C12H13Cl2FN2O3/c1-6(17-12(20)16-3-2-11(18)19)7-4-10(15)9(14)5-8(7)13/h4-6H,2-3H2,1H3,(H,18,19)(H2,16,17,20). The number of nitrogens with one attached hydrogen (secondary N) is 2. The lowest BCUT2D eigenvalue weighted by Crippen LogP contribution is -2.38. The number of amides is 2. The number of carboxylic acid groups (broad SMARTS) is 1. The molecule has 1 aromatic rings. The summed E-state index contributed by atoms with van der Waals surface area (Å²) >= 11 is 11.5. The van der Waals surface area contributed by atoms with Crippen molar-refractivity contribution < 1.29 is 19.1 Å². The SMILES string of the molecule is CC(NC(=O)NCCC(=O)O)c1cc(F)c(Cl)cc1Cl. The van der Waals surface area contributed by atoms with E-state index in [0.717, 1.165) is 6.07 Å². The third kappa shape index (κ3) is 4.86. The molecule has 0 heterocycles. The molecule has 0 radical (unpaired) electrons. The predicted octanol–water partition coefficient (Wildman–Crippen LogP) is 2.97. The van der Waals surface area contributed by atoms with Gasteiger partial charge in [0.1, 0.15) is 5.82 Å². The largest absolute Gasteiger partial charge is 0.481 e. The van der Waals surface area contributed by atoms with Crippen molar-refractivity contribution in [2.75, 3.05) is 6.54 Å². The van der Waals surface area contributed by atoms with Crippen LogP contribution in [0.5, 0.6) is 0 Å². The van der Waals surface area contributed by atoms with Gasteiger partial charge in [-0.25, -0.2) is 9.18 Å². The maximum Gasteiger partial charge on any atom is 0.315 e. The second kappa shape index (κ2) is 7.31. The molecule has 3 N–H and O–H groups in total. The van der Waals surface area contributed by atoms with Crippen LogP contribution in [0.1, 0.15) is 24.9 Å². The number of benzene rings is 1. The third-order valence-electron chi connectivity index (χ3n) is 2.48. The molecule has 1 aromatic carbocycles. The summed E-state index contributed by atoms with van der Waals surface area (Å²) in [6.45, 7) is 1.61. The number of carbonyl (C=O) groups is 2. The second-order valence-corrected chi connectivity index (χ2v) is 4.87. The fourth-order valence-corrected chi connectivity index (χ4v) is 2.03. The maximum atomic E-state index is 13.4. The Balaban J connectivity index is 2.62. The van der Waals surface area contributed by atoms with Gasteiger partial charge in [-0.15, -0.1) is 0 Å². The summed E-state index contributed by atoms with van der Waals surface area (Å²) < 4.78 is 13.4. The van der Waals surface area contributed by atoms with Crippen LogP contribution in [-0.4, -0.2) is 23.7 Å². The quantitative estimate of drug-likeness (QED) is 0.729. The number of carbonyl (C=O) groups excluding carboxylic acids is 1. The minimum Gasteiger partial charge on any atom is -0.481 e. The molecule has 20 heavy (non-hydrogen) atoms. The lowest BCUT2D eigenvalue weighted by atomic mass is 10.1. The molecule has 0 aliphatic heterocycles. The first-order chi connectivity index (χ1) is 9.31. The van der Waals surface area contributed by atoms with Gasteiger partial charge in [-0.2, -0.15) is 0 Å². The molecule has 1 rings (SSSR count). The van der Waals surface area contributed by atoms with Crippen molar-refractivity contribution in [3.05, 3.63) is 33.6 Å². The lowest BCUT2D eigenvalue weighted by molar-refractivity contribution is -0.136. The lowest BCUT2D eigenvalue weighted by Gasteiger charge is -2.16. The van der Waals surface area contributed by atoms with E-state index >= 15 is 0 Å². The number of hydrogen-bond donors (Lipinski definition) is 3. The van der Waals surface area contributed by atoms with E-state index in [1.807, 2.05) is 0 Å². The van der Waals surface area contributed by atoms with Crippen molar-refractivity contribution in [1.82, 2.24) is 10.6 Å². The molecule has 1 atom stereocenters. The van der Waals surface area contributed by atoms with Crippen molar-refractivity contribution in [1.29, 1.82) is 0 Å². The highest BCUT2D eigenvalue weighted by molar-refractivity contribution is 6.35. The Kier molecular flexibility index (Phi) is 6.04. The summed E-state index contributed by atoms with van der Waals surface area (Å²) in [6, 6.07) is 1.28. The number of halogens is 3. The monoisotopic (exact) mass is 322 g/mol. The number of urea groups is 1. The molecule has 0 spiro atoms. The van der Waals surface area contributed by atoms with Crippen molar-refractivity contribution in [2.24, 2.45) is 0 Å². The van der Waals surface area contributed by atoms with Crippen LogP contribution in [0.2, 0.25) is 10.0 Å². The number of aliphatic carboxylic acids is 1. The van der Waals surface area contributed by atoms with Crippen LogP contribution in [0.25, 0.3) is 0 Å². The summed E-state index contributed by atoms with van der Waals surface area (Å²) in [5, 5.41) is 13.5. The molecule has 5 nitrogen and oxygen atoms in total. The fraction of sp³-hybridized carbons (Fsp3) is 0.333. The van der Waals surface area contributed by atoms with Gasteiger partial charge in [-0.3, -0.25) is 4.79 Å². The molecule has 0 fully saturated rings. The Morgan fingerprint density at radius 2 is 2.00 bits per heavy atom. The normalized spacial score (nSPS) is 11.8. The smallest absolute Gasteiger partial charge is 0.315 e. The molecular formula is C12H13Cl2FN2O3. The molecule has 0 saturated carbocycles. The van der Waals surface area contributed by atoms with Crippen molar-refractivity contribution in [2.45, 2.75) is 19.4 Å². The molecule has 8 heteroatoms. The summed E-state index contributed by atoms with van der Waals surface area (Å²) in [6.07, 6.45) is -0.182. The number of carboxylic acids is 1. The Labute approximate surface area is 125 Å². The highest BCUT2D eigenvalue weighted by atomic mass is 35.5. The average molecular weight is 323 g/mol. The van der Waals surface area contributed by atoms with Crippen molar-refractivity contribution >= 4 is 35.2 Å². The molecule has 0 saturated heterocycles. The Morgan fingerprint density at radius 1 is 1.35 bits per heavy atom. The summed E-state index contributed by atoms with van der Waals surface area (Å²) in [7, 11) is 0. The van der Waals surface area contributed by atoms with E-state index in [-0.39, 0.29) is 23.0 Å². The molecular weight excluding hydrogens is 310 g/mol. The molecule has 2 amide bonds. The highest BCUT2D eigenvalue weighted by Crippen LogP contribution is 2.28. The van der Waals surface area contributed by atoms with E-state index in [1.54, 1.807) is 6.92 Å². The zero-order valence-corrected chi connectivity index (χ0v) is 12.1. The van der Waals surface area contributed by atoms with Crippen LogP contribution in [-0.2, 0) is 4.79 Å². The molecule has 0 aromatic heterocycles. The van der Waals surface area contributed by atoms with Crippen LogP contribution >= 0.6 is 23.2 Å². The first-order valence-corrected chi connectivity index (χ1v) is 6.47. The van der Waals surface area contributed by atoms with Crippen molar-refractivity contribution in [3.8, 4) is 0 Å². The maximum absolute atomic E-state index is 13.4. The van der Waals surface area contributed by atoms with Gasteiger partial charge >= 0.3 is 12.0 Å². The number of rotatable bonds is 5. The van der Waals surface area contributed by atoms with E-state index in [1.165, 1.54) is 6.07 Å². The first-order valence-electron chi connectivity index (χ1n) is 5.72. The first kappa shape index (κ1) is 16.5. The highest BCUT2D eigenvalue weighted by Gasteiger charge is 2.15. The van der Waals surface area contributed by atoms with Gasteiger partial charge in [0.2, 0.25) is 0 Å². The molecule has 110 valence electrons. The Morgan fingerprint density at radius 3 is 2.60 bits per heavy atom. The second-order valence-electron chi connectivity index (χ2n) is 4.05. The van der Waals surface area contributed by atoms with Crippen LogP contribution in [0.3, 0.4) is 0 Å². The van der Waals surface area contributed by atoms with E-state index in [4.69, 9.17) is 28.3 Å². The Bertz CT molecular complexity index is 526. The van der Waals surface area contributed by atoms with Gasteiger partial charge in [0.15, 0.2) is 0 Å². The minimum atomic E-state index is -1.01. The predicted molar refractivity (Wildman–Crippen MR) is 73.6 cm³/mol. The van der Waals surface area contributed by atoms with E-state index < -0.39 is 23.9 Å². The molecule has 0 aliphatic rings. The molecule has 0 bridgehead atoms. The zero-order valence-electron chi connectivity index (χ0n) is 10.5. The summed E-state index contributed by atoms with van der Waals surface area (Å²) in [5.41, 5.74) is 0.377.